The fourth-order valence-corrected chi connectivity index (χ4v) is 3.76. The lowest BCUT2D eigenvalue weighted by Crippen LogP contribution is -2.38. The maximum absolute atomic E-state index is 5.45. The molecule has 164 valence electrons. The van der Waals surface area contributed by atoms with E-state index >= 15 is 0 Å². The Morgan fingerprint density at radius 1 is 1.10 bits per heavy atom. The van der Waals surface area contributed by atoms with Gasteiger partial charge in [-0.1, -0.05) is 12.5 Å². The lowest BCUT2D eigenvalue weighted by molar-refractivity contribution is 0.174. The van der Waals surface area contributed by atoms with Gasteiger partial charge in [0.05, 0.1) is 0 Å². The van der Waals surface area contributed by atoms with E-state index in [1.54, 1.807) is 0 Å². The van der Waals surface area contributed by atoms with Crippen LogP contribution in [0.4, 0.5) is 0 Å². The van der Waals surface area contributed by atoms with E-state index in [1.807, 2.05) is 12.1 Å². The first-order valence-corrected chi connectivity index (χ1v) is 10.6. The molecule has 0 unspecified atom stereocenters. The molecule has 2 aromatic rings. The Morgan fingerprint density at radius 3 is 2.90 bits per heavy atom. The molecule has 1 aromatic carbocycles. The van der Waals surface area contributed by atoms with Gasteiger partial charge in [0, 0.05) is 39.0 Å². The summed E-state index contributed by atoms with van der Waals surface area (Å²) < 4.78 is 13.1. The molecule has 30 heavy (non-hydrogen) atoms. The Balaban J connectivity index is 0.00000256. The van der Waals surface area contributed by atoms with Gasteiger partial charge in [0.15, 0.2) is 17.5 Å². The molecule has 3 heterocycles. The largest absolute Gasteiger partial charge is 0.454 e. The Bertz CT molecular complexity index is 854. The summed E-state index contributed by atoms with van der Waals surface area (Å²) in [6, 6.07) is 6.10. The van der Waals surface area contributed by atoms with Crippen molar-refractivity contribution < 1.29 is 9.47 Å². The fourth-order valence-electron chi connectivity index (χ4n) is 3.76. The van der Waals surface area contributed by atoms with Crippen LogP contribution in [0.3, 0.4) is 0 Å². The molecule has 0 saturated carbocycles. The SMILES string of the molecule is CCNC(=NCCc1nnc2n1CCCCC2)NCCc1ccc2c(c1)OCO2.I. The number of hydrogen-bond donors (Lipinski definition) is 2. The molecule has 2 N–H and O–H groups in total. The Labute approximate surface area is 194 Å². The van der Waals surface area contributed by atoms with Crippen LogP contribution in [0.15, 0.2) is 23.2 Å². The summed E-state index contributed by atoms with van der Waals surface area (Å²) in [4.78, 5) is 4.72. The van der Waals surface area contributed by atoms with Crippen molar-refractivity contribution in [2.75, 3.05) is 26.4 Å². The second-order valence-electron chi connectivity index (χ2n) is 7.37. The van der Waals surface area contributed by atoms with E-state index in [4.69, 9.17) is 14.5 Å². The molecule has 1 aromatic heterocycles. The van der Waals surface area contributed by atoms with Crippen molar-refractivity contribution in [3.63, 3.8) is 0 Å². The van der Waals surface area contributed by atoms with Crippen molar-refractivity contribution in [2.24, 2.45) is 4.99 Å². The van der Waals surface area contributed by atoms with Gasteiger partial charge >= 0.3 is 0 Å². The first-order valence-electron chi connectivity index (χ1n) is 10.6. The number of aromatic nitrogens is 3. The van der Waals surface area contributed by atoms with Gasteiger partial charge in [0.2, 0.25) is 6.79 Å². The number of aryl methyl sites for hydroxylation is 1. The van der Waals surface area contributed by atoms with Crippen molar-refractivity contribution in [3.8, 4) is 11.5 Å². The van der Waals surface area contributed by atoms with Crippen LogP contribution in [0.1, 0.15) is 43.4 Å². The highest BCUT2D eigenvalue weighted by Crippen LogP contribution is 2.32. The summed E-state index contributed by atoms with van der Waals surface area (Å²) in [5.74, 6) is 4.68. The summed E-state index contributed by atoms with van der Waals surface area (Å²) in [6.07, 6.45) is 6.45. The third kappa shape index (κ3) is 5.77. The Morgan fingerprint density at radius 2 is 2.00 bits per heavy atom. The number of rotatable bonds is 7. The van der Waals surface area contributed by atoms with Crippen molar-refractivity contribution in [1.29, 1.82) is 0 Å². The summed E-state index contributed by atoms with van der Waals surface area (Å²) in [7, 11) is 0. The smallest absolute Gasteiger partial charge is 0.231 e. The molecule has 0 amide bonds. The van der Waals surface area contributed by atoms with Crippen molar-refractivity contribution in [3.05, 3.63) is 35.4 Å². The Kier molecular flexibility index (Phi) is 8.59. The third-order valence-electron chi connectivity index (χ3n) is 5.28. The number of nitrogens with zero attached hydrogens (tertiary/aromatic N) is 4. The monoisotopic (exact) mass is 526 g/mol. The quantitative estimate of drug-likeness (QED) is 0.328. The standard InChI is InChI=1S/C21H30N6O2.HI/c1-2-22-21(23-11-9-16-7-8-17-18(14-16)29-15-28-17)24-12-10-20-26-25-19-6-4-3-5-13-27(19)20;/h7-8,14H,2-6,9-13,15H2,1H3,(H2,22,23,24);1H. The van der Waals surface area contributed by atoms with Gasteiger partial charge < -0.3 is 24.7 Å². The Hall–Kier alpha value is -2.04. The maximum atomic E-state index is 5.45. The first-order chi connectivity index (χ1) is 14.3. The summed E-state index contributed by atoms with van der Waals surface area (Å²) in [5, 5.41) is 15.5. The molecule has 4 rings (SSSR count). The van der Waals surface area contributed by atoms with E-state index in [9.17, 15) is 0 Å². The van der Waals surface area contributed by atoms with Crippen LogP contribution in [0.2, 0.25) is 0 Å². The molecule has 0 bridgehead atoms. The number of fused-ring (bicyclic) bond motifs is 2. The van der Waals surface area contributed by atoms with Crippen LogP contribution < -0.4 is 20.1 Å². The number of ether oxygens (including phenoxy) is 2. The molecule has 2 aliphatic heterocycles. The van der Waals surface area contributed by atoms with E-state index < -0.39 is 0 Å². The lowest BCUT2D eigenvalue weighted by Gasteiger charge is -2.12. The average Bonchev–Trinajstić information content (AvgIpc) is 3.28. The zero-order valence-corrected chi connectivity index (χ0v) is 19.9. The van der Waals surface area contributed by atoms with Gasteiger partial charge in [0.1, 0.15) is 11.6 Å². The zero-order chi connectivity index (χ0) is 19.9. The summed E-state index contributed by atoms with van der Waals surface area (Å²) >= 11 is 0. The van der Waals surface area contributed by atoms with Crippen LogP contribution >= 0.6 is 24.0 Å². The molecule has 0 fully saturated rings. The number of nitrogens with one attached hydrogen (secondary N) is 2. The second-order valence-corrected chi connectivity index (χ2v) is 7.37. The second kappa shape index (κ2) is 11.4. The predicted octanol–water partition coefficient (Wildman–Crippen LogP) is 2.69. The van der Waals surface area contributed by atoms with E-state index in [1.165, 1.54) is 24.8 Å². The molecule has 0 atom stereocenters. The van der Waals surface area contributed by atoms with Crippen LogP contribution in [0.5, 0.6) is 11.5 Å². The number of guanidine groups is 1. The van der Waals surface area contributed by atoms with Gasteiger partial charge in [-0.3, -0.25) is 4.99 Å². The topological polar surface area (TPSA) is 85.6 Å². The molecule has 0 saturated heterocycles. The molecule has 0 radical (unpaired) electrons. The summed E-state index contributed by atoms with van der Waals surface area (Å²) in [6.45, 7) is 5.74. The first kappa shape index (κ1) is 22.6. The minimum atomic E-state index is 0. The van der Waals surface area contributed by atoms with Crippen LogP contribution in [0.25, 0.3) is 0 Å². The van der Waals surface area contributed by atoms with Crippen LogP contribution in [-0.4, -0.2) is 47.2 Å². The summed E-state index contributed by atoms with van der Waals surface area (Å²) in [5.41, 5.74) is 1.21. The molecule has 0 spiro atoms. The highest BCUT2D eigenvalue weighted by Gasteiger charge is 2.15. The molecular weight excluding hydrogens is 495 g/mol. The van der Waals surface area contributed by atoms with Gasteiger partial charge in [-0.15, -0.1) is 34.2 Å². The van der Waals surface area contributed by atoms with Crippen molar-refractivity contribution in [2.45, 2.75) is 52.0 Å². The number of benzene rings is 1. The number of aliphatic imine (C=N–C) groups is 1. The molecule has 8 nitrogen and oxygen atoms in total. The zero-order valence-electron chi connectivity index (χ0n) is 17.5. The van der Waals surface area contributed by atoms with Gasteiger partial charge in [-0.2, -0.15) is 0 Å². The van der Waals surface area contributed by atoms with E-state index in [2.05, 4.69) is 38.4 Å². The predicted molar refractivity (Wildman–Crippen MR) is 127 cm³/mol. The van der Waals surface area contributed by atoms with Crippen LogP contribution in [-0.2, 0) is 25.8 Å². The minimum absolute atomic E-state index is 0. The molecule has 2 aliphatic rings. The average molecular weight is 526 g/mol. The lowest BCUT2D eigenvalue weighted by atomic mass is 10.1. The fraction of sp³-hybridized carbons (Fsp3) is 0.571. The molecule has 9 heteroatoms. The van der Waals surface area contributed by atoms with Gasteiger partial charge in [0.25, 0.3) is 0 Å². The van der Waals surface area contributed by atoms with E-state index in [0.29, 0.717) is 13.3 Å². The highest BCUT2D eigenvalue weighted by atomic mass is 127. The van der Waals surface area contributed by atoms with Crippen molar-refractivity contribution in [1.82, 2.24) is 25.4 Å². The van der Waals surface area contributed by atoms with Crippen molar-refractivity contribution >= 4 is 29.9 Å². The van der Waals surface area contributed by atoms with Gasteiger partial charge in [-0.25, -0.2) is 0 Å². The number of halogens is 1. The maximum Gasteiger partial charge on any atom is 0.231 e. The van der Waals surface area contributed by atoms with Gasteiger partial charge in [-0.05, 0) is 43.9 Å². The normalized spacial score (nSPS) is 15.2. The van der Waals surface area contributed by atoms with E-state index in [0.717, 1.165) is 68.0 Å². The highest BCUT2D eigenvalue weighted by molar-refractivity contribution is 14.0. The minimum Gasteiger partial charge on any atom is -0.454 e. The molecular formula is C21H31IN6O2. The third-order valence-corrected chi connectivity index (χ3v) is 5.28. The van der Waals surface area contributed by atoms with Crippen LogP contribution in [0, 0.1) is 0 Å². The molecule has 0 aliphatic carbocycles. The van der Waals surface area contributed by atoms with E-state index in [-0.39, 0.29) is 24.0 Å². The number of hydrogen-bond acceptors (Lipinski definition) is 5.